The fourth-order valence-electron chi connectivity index (χ4n) is 3.23. The normalized spacial score (nSPS) is 16.9. The van der Waals surface area contributed by atoms with Crippen LogP contribution in [0.15, 0.2) is 48.5 Å². The first-order valence-corrected chi connectivity index (χ1v) is 8.11. The lowest BCUT2D eigenvalue weighted by atomic mass is 9.87. The summed E-state index contributed by atoms with van der Waals surface area (Å²) in [4.78, 5) is 14.5. The van der Waals surface area contributed by atoms with Gasteiger partial charge in [0.05, 0.1) is 12.5 Å². The first-order valence-electron chi connectivity index (χ1n) is 7.73. The Kier molecular flexibility index (Phi) is 4.49. The van der Waals surface area contributed by atoms with Crippen LogP contribution in [0.2, 0.25) is 5.02 Å². The number of benzene rings is 2. The number of halogens is 1. The summed E-state index contributed by atoms with van der Waals surface area (Å²) in [7, 11) is 1.91. The van der Waals surface area contributed by atoms with Crippen LogP contribution >= 0.6 is 11.6 Å². The zero-order valence-corrected chi connectivity index (χ0v) is 13.5. The van der Waals surface area contributed by atoms with Gasteiger partial charge in [-0.15, -0.1) is 0 Å². The first-order chi connectivity index (χ1) is 10.7. The Balaban J connectivity index is 1.78. The van der Waals surface area contributed by atoms with E-state index in [4.69, 9.17) is 11.6 Å². The van der Waals surface area contributed by atoms with Gasteiger partial charge in [0.15, 0.2) is 0 Å². The number of fused-ring (bicyclic) bond motifs is 1. The number of rotatable bonds is 3. The number of likely N-dealkylation sites (N-methyl/N-ethyl adjacent to an activating group) is 1. The van der Waals surface area contributed by atoms with E-state index in [-0.39, 0.29) is 11.9 Å². The maximum absolute atomic E-state index is 12.6. The summed E-state index contributed by atoms with van der Waals surface area (Å²) < 4.78 is 0. The van der Waals surface area contributed by atoms with E-state index in [1.54, 1.807) is 0 Å². The number of amides is 1. The lowest BCUT2D eigenvalue weighted by Gasteiger charge is -2.33. The number of hydrogen-bond acceptors (Lipinski definition) is 1. The van der Waals surface area contributed by atoms with Crippen molar-refractivity contribution in [3.63, 3.8) is 0 Å². The molecule has 114 valence electrons. The van der Waals surface area contributed by atoms with E-state index >= 15 is 0 Å². The molecule has 0 fully saturated rings. The van der Waals surface area contributed by atoms with Crippen LogP contribution in [0.3, 0.4) is 0 Å². The minimum atomic E-state index is 0.120. The van der Waals surface area contributed by atoms with Gasteiger partial charge in [-0.25, -0.2) is 0 Å². The minimum absolute atomic E-state index is 0.120. The zero-order valence-electron chi connectivity index (χ0n) is 12.8. The summed E-state index contributed by atoms with van der Waals surface area (Å²) in [5.74, 6) is 0.120. The Morgan fingerprint density at radius 3 is 2.73 bits per heavy atom. The highest BCUT2D eigenvalue weighted by Gasteiger charge is 2.26. The number of nitrogens with zero attached hydrogens (tertiary/aromatic N) is 1. The molecule has 22 heavy (non-hydrogen) atoms. The standard InChI is InChI=1S/C19H20ClNO/c1-21(19(22)13-15-8-3-5-11-17(15)20)18-12-6-9-14-7-2-4-10-16(14)18/h2-5,7-8,10-11,18H,6,9,12-13H2,1H3. The van der Waals surface area contributed by atoms with Crippen LogP contribution in [0.25, 0.3) is 0 Å². The van der Waals surface area contributed by atoms with Crippen molar-refractivity contribution in [1.29, 1.82) is 0 Å². The lowest BCUT2D eigenvalue weighted by Crippen LogP contribution is -2.34. The summed E-state index contributed by atoms with van der Waals surface area (Å²) in [5, 5.41) is 0.660. The highest BCUT2D eigenvalue weighted by molar-refractivity contribution is 6.31. The second kappa shape index (κ2) is 6.53. The Bertz CT molecular complexity index is 683. The van der Waals surface area contributed by atoms with Crippen molar-refractivity contribution in [1.82, 2.24) is 4.90 Å². The first kappa shape index (κ1) is 15.1. The average molecular weight is 314 g/mol. The van der Waals surface area contributed by atoms with E-state index in [1.165, 1.54) is 11.1 Å². The second-order valence-electron chi connectivity index (χ2n) is 5.88. The molecule has 0 N–H and O–H groups in total. The number of carbonyl (C=O) groups excluding carboxylic acids is 1. The Hall–Kier alpha value is -1.80. The van der Waals surface area contributed by atoms with Crippen molar-refractivity contribution in [3.8, 4) is 0 Å². The molecule has 1 unspecified atom stereocenters. The van der Waals surface area contributed by atoms with Crippen molar-refractivity contribution in [2.75, 3.05) is 7.05 Å². The molecule has 1 atom stereocenters. The number of aryl methyl sites for hydroxylation is 1. The van der Waals surface area contributed by atoms with E-state index in [0.717, 1.165) is 24.8 Å². The van der Waals surface area contributed by atoms with Crippen molar-refractivity contribution >= 4 is 17.5 Å². The van der Waals surface area contributed by atoms with Gasteiger partial charge in [0.2, 0.25) is 5.91 Å². The van der Waals surface area contributed by atoms with Crippen LogP contribution in [0.5, 0.6) is 0 Å². The van der Waals surface area contributed by atoms with E-state index in [1.807, 2.05) is 36.2 Å². The molecule has 2 aromatic rings. The molecule has 0 saturated heterocycles. The van der Waals surface area contributed by atoms with Crippen molar-refractivity contribution in [2.24, 2.45) is 0 Å². The Labute approximate surface area is 136 Å². The molecular weight excluding hydrogens is 294 g/mol. The van der Waals surface area contributed by atoms with Gasteiger partial charge in [-0.05, 0) is 42.0 Å². The van der Waals surface area contributed by atoms with Gasteiger partial charge < -0.3 is 4.90 Å². The highest BCUT2D eigenvalue weighted by atomic mass is 35.5. The van der Waals surface area contributed by atoms with Crippen LogP contribution < -0.4 is 0 Å². The molecule has 1 amide bonds. The quantitative estimate of drug-likeness (QED) is 0.821. The largest absolute Gasteiger partial charge is 0.338 e. The number of hydrogen-bond donors (Lipinski definition) is 0. The summed E-state index contributed by atoms with van der Waals surface area (Å²) in [6.45, 7) is 0. The molecule has 1 aliphatic rings. The van der Waals surface area contributed by atoms with Crippen molar-refractivity contribution < 1.29 is 4.79 Å². The molecule has 2 aromatic carbocycles. The molecule has 0 saturated carbocycles. The molecule has 1 aliphatic carbocycles. The number of carbonyl (C=O) groups is 1. The minimum Gasteiger partial charge on any atom is -0.338 e. The second-order valence-corrected chi connectivity index (χ2v) is 6.29. The van der Waals surface area contributed by atoms with Crippen LogP contribution in [0, 0.1) is 0 Å². The van der Waals surface area contributed by atoms with Gasteiger partial charge in [-0.2, -0.15) is 0 Å². The van der Waals surface area contributed by atoms with Gasteiger partial charge in [0.1, 0.15) is 0 Å². The summed E-state index contributed by atoms with van der Waals surface area (Å²) in [5.41, 5.74) is 3.56. The van der Waals surface area contributed by atoms with Crippen molar-refractivity contribution in [3.05, 3.63) is 70.2 Å². The predicted octanol–water partition coefficient (Wildman–Crippen LogP) is 4.42. The summed E-state index contributed by atoms with van der Waals surface area (Å²) in [6, 6.07) is 16.2. The third kappa shape index (κ3) is 3.02. The monoisotopic (exact) mass is 313 g/mol. The average Bonchev–Trinajstić information content (AvgIpc) is 2.55. The molecule has 0 aromatic heterocycles. The van der Waals surface area contributed by atoms with Gasteiger partial charge in [0.25, 0.3) is 0 Å². The molecule has 0 spiro atoms. The van der Waals surface area contributed by atoms with Crippen LogP contribution in [0.1, 0.15) is 35.6 Å². The highest BCUT2D eigenvalue weighted by Crippen LogP contribution is 2.33. The fourth-order valence-corrected chi connectivity index (χ4v) is 3.44. The molecule has 2 nitrogen and oxygen atoms in total. The molecule has 0 aliphatic heterocycles. The van der Waals surface area contributed by atoms with Gasteiger partial charge in [0, 0.05) is 12.1 Å². The topological polar surface area (TPSA) is 20.3 Å². The smallest absolute Gasteiger partial charge is 0.227 e. The van der Waals surface area contributed by atoms with E-state index < -0.39 is 0 Å². The Morgan fingerprint density at radius 1 is 1.18 bits per heavy atom. The van der Waals surface area contributed by atoms with Gasteiger partial charge in [-0.3, -0.25) is 4.79 Å². The van der Waals surface area contributed by atoms with Crippen molar-refractivity contribution in [2.45, 2.75) is 31.7 Å². The molecule has 0 radical (unpaired) electrons. The Morgan fingerprint density at radius 2 is 1.91 bits per heavy atom. The van der Waals surface area contributed by atoms with Gasteiger partial charge >= 0.3 is 0 Å². The molecule has 3 rings (SSSR count). The summed E-state index contributed by atoms with van der Waals surface area (Å²) >= 11 is 6.17. The van der Waals surface area contributed by atoms with Crippen LogP contribution in [-0.4, -0.2) is 17.9 Å². The van der Waals surface area contributed by atoms with Gasteiger partial charge in [-0.1, -0.05) is 54.1 Å². The summed E-state index contributed by atoms with van der Waals surface area (Å²) in [6.07, 6.45) is 3.63. The van der Waals surface area contributed by atoms with E-state index in [2.05, 4.69) is 24.3 Å². The maximum Gasteiger partial charge on any atom is 0.227 e. The fraction of sp³-hybridized carbons (Fsp3) is 0.316. The van der Waals surface area contributed by atoms with Crippen LogP contribution in [0.4, 0.5) is 0 Å². The predicted molar refractivity (Wildman–Crippen MR) is 90.0 cm³/mol. The third-order valence-corrected chi connectivity index (χ3v) is 4.87. The third-order valence-electron chi connectivity index (χ3n) is 4.50. The molecule has 0 heterocycles. The molecular formula is C19H20ClNO. The maximum atomic E-state index is 12.6. The lowest BCUT2D eigenvalue weighted by molar-refractivity contribution is -0.131. The SMILES string of the molecule is CN(C(=O)Cc1ccccc1Cl)C1CCCc2ccccc21. The molecule has 3 heteroatoms. The van der Waals surface area contributed by atoms with Crippen LogP contribution in [-0.2, 0) is 17.6 Å². The van der Waals surface area contributed by atoms with E-state index in [0.29, 0.717) is 11.4 Å². The zero-order chi connectivity index (χ0) is 15.5. The molecule has 0 bridgehead atoms. The van der Waals surface area contributed by atoms with E-state index in [9.17, 15) is 4.79 Å².